The number of rotatable bonds is 3. The number of anilines is 2. The Hall–Kier alpha value is -2.58. The topological polar surface area (TPSA) is 83.8 Å². The Morgan fingerprint density at radius 2 is 2.05 bits per heavy atom. The van der Waals surface area contributed by atoms with Gasteiger partial charge in [0, 0.05) is 17.8 Å². The third-order valence-corrected chi connectivity index (χ3v) is 2.49. The van der Waals surface area contributed by atoms with Crippen LogP contribution in [-0.2, 0) is 6.18 Å². The quantitative estimate of drug-likeness (QED) is 0.669. The van der Waals surface area contributed by atoms with Crippen LogP contribution in [0, 0.1) is 17.0 Å². The van der Waals surface area contributed by atoms with Gasteiger partial charge in [-0.1, -0.05) is 0 Å². The van der Waals surface area contributed by atoms with E-state index in [1.807, 2.05) is 0 Å². The second kappa shape index (κ2) is 4.83. The van der Waals surface area contributed by atoms with Crippen molar-refractivity contribution in [2.75, 3.05) is 5.32 Å². The van der Waals surface area contributed by atoms with Gasteiger partial charge in [-0.15, -0.1) is 0 Å². The zero-order valence-corrected chi connectivity index (χ0v) is 10.2. The van der Waals surface area contributed by atoms with E-state index in [1.165, 1.54) is 0 Å². The lowest BCUT2D eigenvalue weighted by Gasteiger charge is -2.09. The first-order chi connectivity index (χ1) is 9.27. The van der Waals surface area contributed by atoms with Crippen LogP contribution >= 0.6 is 0 Å². The van der Waals surface area contributed by atoms with Crippen LogP contribution in [0.15, 0.2) is 24.3 Å². The smallest absolute Gasteiger partial charge is 0.333 e. The summed E-state index contributed by atoms with van der Waals surface area (Å²) in [6.07, 6.45) is -4.63. The highest BCUT2D eigenvalue weighted by molar-refractivity contribution is 5.68. The molecule has 1 heterocycles. The highest BCUT2D eigenvalue weighted by atomic mass is 19.4. The summed E-state index contributed by atoms with van der Waals surface area (Å²) in [6.45, 7) is 1.72. The molecule has 2 rings (SSSR count). The lowest BCUT2D eigenvalue weighted by atomic mass is 10.1. The molecule has 0 unspecified atom stereocenters. The van der Waals surface area contributed by atoms with Crippen molar-refractivity contribution < 1.29 is 18.1 Å². The van der Waals surface area contributed by atoms with E-state index in [2.05, 4.69) is 15.5 Å². The SMILES string of the molecule is Cc1cc(Nc2ccc(C(F)(F)F)cc2[N+](=O)[O-])n[nH]1. The average molecular weight is 286 g/mol. The summed E-state index contributed by atoms with van der Waals surface area (Å²) in [7, 11) is 0. The van der Waals surface area contributed by atoms with Gasteiger partial charge in [0.2, 0.25) is 0 Å². The fourth-order valence-electron chi connectivity index (χ4n) is 1.58. The first-order valence-electron chi connectivity index (χ1n) is 5.42. The second-order valence-corrected chi connectivity index (χ2v) is 4.05. The number of nitro benzene ring substituents is 1. The van der Waals surface area contributed by atoms with Crippen LogP contribution in [-0.4, -0.2) is 15.1 Å². The molecule has 6 nitrogen and oxygen atoms in total. The molecule has 1 aromatic heterocycles. The van der Waals surface area contributed by atoms with Crippen molar-refractivity contribution in [3.63, 3.8) is 0 Å². The summed E-state index contributed by atoms with van der Waals surface area (Å²) in [5.41, 5.74) is -1.09. The molecule has 0 aliphatic heterocycles. The summed E-state index contributed by atoms with van der Waals surface area (Å²) in [5, 5.41) is 19.9. The average Bonchev–Trinajstić information content (AvgIpc) is 2.73. The molecular weight excluding hydrogens is 277 g/mol. The molecule has 0 saturated heterocycles. The van der Waals surface area contributed by atoms with Gasteiger partial charge in [-0.25, -0.2) is 0 Å². The maximum atomic E-state index is 12.5. The van der Waals surface area contributed by atoms with E-state index in [9.17, 15) is 23.3 Å². The number of halogens is 3. The number of aryl methyl sites for hydroxylation is 1. The number of nitrogens with zero attached hydrogens (tertiary/aromatic N) is 2. The van der Waals surface area contributed by atoms with Gasteiger partial charge in [-0.2, -0.15) is 18.3 Å². The number of hydrogen-bond acceptors (Lipinski definition) is 4. The molecule has 2 aromatic rings. The lowest BCUT2D eigenvalue weighted by molar-refractivity contribution is -0.384. The van der Waals surface area contributed by atoms with Crippen LogP contribution in [0.5, 0.6) is 0 Å². The summed E-state index contributed by atoms with van der Waals surface area (Å²) < 4.78 is 37.6. The number of aromatic amines is 1. The van der Waals surface area contributed by atoms with Crippen molar-refractivity contribution in [1.82, 2.24) is 10.2 Å². The van der Waals surface area contributed by atoms with Crippen molar-refractivity contribution in [3.05, 3.63) is 45.6 Å². The van der Waals surface area contributed by atoms with Gasteiger partial charge in [0.1, 0.15) is 5.69 Å². The Balaban J connectivity index is 2.40. The van der Waals surface area contributed by atoms with Crippen molar-refractivity contribution in [3.8, 4) is 0 Å². The van der Waals surface area contributed by atoms with E-state index in [-0.39, 0.29) is 11.5 Å². The fourth-order valence-corrected chi connectivity index (χ4v) is 1.58. The van der Waals surface area contributed by atoms with Crippen LogP contribution in [0.3, 0.4) is 0 Å². The molecule has 0 radical (unpaired) electrons. The highest BCUT2D eigenvalue weighted by Crippen LogP contribution is 2.35. The van der Waals surface area contributed by atoms with Gasteiger partial charge >= 0.3 is 6.18 Å². The van der Waals surface area contributed by atoms with Gasteiger partial charge in [-0.05, 0) is 19.1 Å². The van der Waals surface area contributed by atoms with Crippen LogP contribution in [0.2, 0.25) is 0 Å². The van der Waals surface area contributed by atoms with E-state index in [0.29, 0.717) is 11.8 Å². The summed E-state index contributed by atoms with van der Waals surface area (Å²) in [5.74, 6) is 0.283. The minimum Gasteiger partial charge on any atom is -0.333 e. The minimum atomic E-state index is -4.63. The van der Waals surface area contributed by atoms with Crippen molar-refractivity contribution in [2.45, 2.75) is 13.1 Å². The largest absolute Gasteiger partial charge is 0.416 e. The number of nitrogens with one attached hydrogen (secondary N) is 2. The van der Waals surface area contributed by atoms with Gasteiger partial charge in [-0.3, -0.25) is 15.2 Å². The second-order valence-electron chi connectivity index (χ2n) is 4.05. The maximum Gasteiger partial charge on any atom is 0.416 e. The van der Waals surface area contributed by atoms with Crippen molar-refractivity contribution in [2.24, 2.45) is 0 Å². The summed E-state index contributed by atoms with van der Waals surface area (Å²) in [4.78, 5) is 9.99. The molecule has 0 saturated carbocycles. The molecule has 2 N–H and O–H groups in total. The molecule has 0 aliphatic rings. The van der Waals surface area contributed by atoms with E-state index in [1.54, 1.807) is 13.0 Å². The minimum absolute atomic E-state index is 0.0606. The Bertz CT molecular complexity index is 651. The number of benzene rings is 1. The van der Waals surface area contributed by atoms with Gasteiger partial charge in [0.05, 0.1) is 10.5 Å². The first-order valence-corrected chi connectivity index (χ1v) is 5.42. The molecular formula is C11H9F3N4O2. The van der Waals surface area contributed by atoms with Gasteiger partial charge in [0.15, 0.2) is 5.82 Å². The van der Waals surface area contributed by atoms with E-state index in [0.717, 1.165) is 12.1 Å². The van der Waals surface area contributed by atoms with Crippen LogP contribution in [0.4, 0.5) is 30.4 Å². The maximum absolute atomic E-state index is 12.5. The van der Waals surface area contributed by atoms with E-state index < -0.39 is 22.4 Å². The molecule has 0 amide bonds. The van der Waals surface area contributed by atoms with Crippen molar-refractivity contribution in [1.29, 1.82) is 0 Å². The molecule has 0 aliphatic carbocycles. The Kier molecular flexibility index (Phi) is 3.35. The Morgan fingerprint density at radius 1 is 1.35 bits per heavy atom. The predicted octanol–water partition coefficient (Wildman–Crippen LogP) is 3.39. The van der Waals surface area contributed by atoms with Gasteiger partial charge < -0.3 is 5.32 Å². The fraction of sp³-hybridized carbons (Fsp3) is 0.182. The summed E-state index contributed by atoms with van der Waals surface area (Å²) >= 11 is 0. The third-order valence-electron chi connectivity index (χ3n) is 2.49. The molecule has 0 fully saturated rings. The third kappa shape index (κ3) is 2.87. The van der Waals surface area contributed by atoms with Crippen LogP contribution in [0.1, 0.15) is 11.3 Å². The van der Waals surface area contributed by atoms with Crippen LogP contribution < -0.4 is 5.32 Å². The first kappa shape index (κ1) is 13.8. The zero-order valence-electron chi connectivity index (χ0n) is 10.2. The standard InChI is InChI=1S/C11H9F3N4O2/c1-6-4-10(17-16-6)15-8-3-2-7(11(12,13)14)5-9(8)18(19)20/h2-5H,1H3,(H2,15,16,17). The molecule has 0 spiro atoms. The van der Waals surface area contributed by atoms with Crippen molar-refractivity contribution >= 4 is 17.2 Å². The van der Waals surface area contributed by atoms with Gasteiger partial charge in [0.25, 0.3) is 5.69 Å². The molecule has 1 aromatic carbocycles. The molecule has 9 heteroatoms. The predicted molar refractivity (Wildman–Crippen MR) is 64.7 cm³/mol. The lowest BCUT2D eigenvalue weighted by Crippen LogP contribution is -2.06. The summed E-state index contributed by atoms with van der Waals surface area (Å²) in [6, 6.07) is 3.84. The van der Waals surface area contributed by atoms with E-state index >= 15 is 0 Å². The Morgan fingerprint density at radius 3 is 2.55 bits per heavy atom. The molecule has 106 valence electrons. The number of aromatic nitrogens is 2. The normalized spacial score (nSPS) is 11.4. The number of nitro groups is 1. The number of alkyl halides is 3. The Labute approximate surface area is 110 Å². The molecule has 0 bridgehead atoms. The number of hydrogen-bond donors (Lipinski definition) is 2. The number of H-pyrrole nitrogens is 1. The highest BCUT2D eigenvalue weighted by Gasteiger charge is 2.33. The monoisotopic (exact) mass is 286 g/mol. The van der Waals surface area contributed by atoms with Crippen LogP contribution in [0.25, 0.3) is 0 Å². The molecule has 20 heavy (non-hydrogen) atoms. The van der Waals surface area contributed by atoms with E-state index in [4.69, 9.17) is 0 Å². The zero-order chi connectivity index (χ0) is 14.9. The molecule has 0 atom stereocenters.